The fourth-order valence-electron chi connectivity index (χ4n) is 2.58. The molecule has 0 atom stereocenters. The van der Waals surface area contributed by atoms with Gasteiger partial charge in [-0.25, -0.2) is 4.39 Å². The molecule has 0 bridgehead atoms. The van der Waals surface area contributed by atoms with Crippen LogP contribution < -0.4 is 5.32 Å². The Morgan fingerprint density at radius 2 is 2.05 bits per heavy atom. The summed E-state index contributed by atoms with van der Waals surface area (Å²) >= 11 is 5.86. The molecule has 1 aromatic carbocycles. The van der Waals surface area contributed by atoms with E-state index in [4.69, 9.17) is 16.3 Å². The zero-order valence-corrected chi connectivity index (χ0v) is 12.0. The van der Waals surface area contributed by atoms with Gasteiger partial charge in [0.15, 0.2) is 0 Å². The molecule has 0 aromatic heterocycles. The Morgan fingerprint density at radius 1 is 1.32 bits per heavy atom. The van der Waals surface area contributed by atoms with Crippen LogP contribution in [0.2, 0.25) is 5.02 Å². The first-order valence-electron chi connectivity index (χ1n) is 6.98. The topological polar surface area (TPSA) is 21.3 Å². The fourth-order valence-corrected chi connectivity index (χ4v) is 2.78. The minimum absolute atomic E-state index is 0.244. The van der Waals surface area contributed by atoms with Gasteiger partial charge in [0.05, 0.1) is 12.7 Å². The van der Waals surface area contributed by atoms with Crippen molar-refractivity contribution in [3.05, 3.63) is 34.6 Å². The molecule has 0 radical (unpaired) electrons. The van der Waals surface area contributed by atoms with Crippen molar-refractivity contribution in [1.29, 1.82) is 0 Å². The maximum absolute atomic E-state index is 13.5. The van der Waals surface area contributed by atoms with Gasteiger partial charge in [-0.15, -0.1) is 0 Å². The molecule has 1 saturated carbocycles. The summed E-state index contributed by atoms with van der Waals surface area (Å²) in [5.74, 6) is -0.245. The van der Waals surface area contributed by atoms with E-state index in [2.05, 4.69) is 12.2 Å². The van der Waals surface area contributed by atoms with Crippen LogP contribution in [-0.4, -0.2) is 18.7 Å². The Bertz CT molecular complexity index is 405. The Hall–Kier alpha value is -0.640. The number of hydrogen-bond donors (Lipinski definition) is 1. The average molecular weight is 286 g/mol. The fraction of sp³-hybridized carbons (Fsp3) is 0.600. The zero-order chi connectivity index (χ0) is 13.7. The molecule has 0 heterocycles. The van der Waals surface area contributed by atoms with Gasteiger partial charge in [-0.1, -0.05) is 18.5 Å². The Morgan fingerprint density at radius 3 is 2.74 bits per heavy atom. The molecule has 0 saturated heterocycles. The third-order valence-corrected chi connectivity index (χ3v) is 3.88. The third kappa shape index (κ3) is 4.44. The Labute approximate surface area is 119 Å². The van der Waals surface area contributed by atoms with Gasteiger partial charge in [0.2, 0.25) is 0 Å². The monoisotopic (exact) mass is 285 g/mol. The van der Waals surface area contributed by atoms with Crippen molar-refractivity contribution in [2.24, 2.45) is 0 Å². The second-order valence-electron chi connectivity index (χ2n) is 5.08. The van der Waals surface area contributed by atoms with Crippen LogP contribution >= 0.6 is 11.6 Å². The highest BCUT2D eigenvalue weighted by atomic mass is 35.5. The lowest BCUT2D eigenvalue weighted by Crippen LogP contribution is -2.35. The minimum Gasteiger partial charge on any atom is -0.373 e. The van der Waals surface area contributed by atoms with E-state index < -0.39 is 0 Å². The molecule has 4 heteroatoms. The predicted octanol–water partition coefficient (Wildman–Crippen LogP) is 3.92. The van der Waals surface area contributed by atoms with Crippen molar-refractivity contribution in [1.82, 2.24) is 5.32 Å². The van der Waals surface area contributed by atoms with Crippen molar-refractivity contribution in [3.8, 4) is 0 Å². The van der Waals surface area contributed by atoms with E-state index in [0.29, 0.717) is 23.2 Å². The molecule has 106 valence electrons. The van der Waals surface area contributed by atoms with E-state index in [9.17, 15) is 4.39 Å². The lowest BCUT2D eigenvalue weighted by molar-refractivity contribution is 0.0102. The molecular weight excluding hydrogens is 265 g/mol. The average Bonchev–Trinajstić information content (AvgIpc) is 2.42. The summed E-state index contributed by atoms with van der Waals surface area (Å²) in [6, 6.07) is 5.21. The van der Waals surface area contributed by atoms with Gasteiger partial charge >= 0.3 is 0 Å². The number of hydrogen-bond acceptors (Lipinski definition) is 2. The van der Waals surface area contributed by atoms with Gasteiger partial charge < -0.3 is 10.1 Å². The number of nitrogens with one attached hydrogen (secondary N) is 1. The second kappa shape index (κ2) is 7.22. The smallest absolute Gasteiger partial charge is 0.128 e. The number of rotatable bonds is 5. The standard InChI is InChI=1S/C15H21ClFNO/c1-2-18-13-4-6-14(7-5-13)19-10-11-9-12(16)3-8-15(11)17/h3,8-9,13-14,18H,2,4-7,10H2,1H3. The van der Waals surface area contributed by atoms with Crippen LogP contribution in [0.25, 0.3) is 0 Å². The van der Waals surface area contributed by atoms with E-state index in [1.165, 1.54) is 6.07 Å². The van der Waals surface area contributed by atoms with Crippen LogP contribution in [0.1, 0.15) is 38.2 Å². The molecule has 0 spiro atoms. The van der Waals surface area contributed by atoms with Crippen molar-refractivity contribution in [3.63, 3.8) is 0 Å². The molecule has 0 unspecified atom stereocenters. The SMILES string of the molecule is CCNC1CCC(OCc2cc(Cl)ccc2F)CC1. The molecule has 1 N–H and O–H groups in total. The molecule has 0 amide bonds. The molecule has 1 fully saturated rings. The molecule has 1 aliphatic carbocycles. The first-order valence-corrected chi connectivity index (χ1v) is 7.35. The summed E-state index contributed by atoms with van der Waals surface area (Å²) in [5.41, 5.74) is 0.543. The highest BCUT2D eigenvalue weighted by molar-refractivity contribution is 6.30. The van der Waals surface area contributed by atoms with E-state index >= 15 is 0 Å². The first kappa shape index (κ1) is 14.8. The minimum atomic E-state index is -0.245. The first-order chi connectivity index (χ1) is 9.19. The number of ether oxygens (including phenoxy) is 1. The van der Waals surface area contributed by atoms with Crippen LogP contribution in [0.4, 0.5) is 4.39 Å². The Kier molecular flexibility index (Phi) is 5.61. The van der Waals surface area contributed by atoms with E-state index in [1.807, 2.05) is 0 Å². The van der Waals surface area contributed by atoms with Crippen molar-refractivity contribution >= 4 is 11.6 Å². The van der Waals surface area contributed by atoms with Gasteiger partial charge in [-0.3, -0.25) is 0 Å². The molecule has 1 aliphatic rings. The molecule has 1 aromatic rings. The van der Waals surface area contributed by atoms with Crippen LogP contribution in [0.15, 0.2) is 18.2 Å². The van der Waals surface area contributed by atoms with Crippen molar-refractivity contribution < 1.29 is 9.13 Å². The van der Waals surface area contributed by atoms with Crippen LogP contribution in [0, 0.1) is 5.82 Å². The van der Waals surface area contributed by atoms with Gasteiger partial charge in [0.1, 0.15) is 5.82 Å². The third-order valence-electron chi connectivity index (χ3n) is 3.65. The van der Waals surface area contributed by atoms with Gasteiger partial charge in [-0.2, -0.15) is 0 Å². The summed E-state index contributed by atoms with van der Waals surface area (Å²) in [7, 11) is 0. The zero-order valence-electron chi connectivity index (χ0n) is 11.3. The summed E-state index contributed by atoms with van der Waals surface area (Å²) < 4.78 is 19.3. The molecule has 2 rings (SSSR count). The molecule has 2 nitrogen and oxygen atoms in total. The maximum Gasteiger partial charge on any atom is 0.128 e. The highest BCUT2D eigenvalue weighted by Gasteiger charge is 2.21. The lowest BCUT2D eigenvalue weighted by Gasteiger charge is -2.29. The van der Waals surface area contributed by atoms with Crippen molar-refractivity contribution in [2.75, 3.05) is 6.54 Å². The molecule has 0 aliphatic heterocycles. The largest absolute Gasteiger partial charge is 0.373 e. The number of benzene rings is 1. The summed E-state index contributed by atoms with van der Waals surface area (Å²) in [6.07, 6.45) is 4.60. The van der Waals surface area contributed by atoms with Crippen LogP contribution in [0.5, 0.6) is 0 Å². The van der Waals surface area contributed by atoms with E-state index in [-0.39, 0.29) is 11.9 Å². The quantitative estimate of drug-likeness (QED) is 0.885. The summed E-state index contributed by atoms with van der Waals surface area (Å²) in [4.78, 5) is 0. The van der Waals surface area contributed by atoms with Crippen LogP contribution in [0.3, 0.4) is 0 Å². The predicted molar refractivity (Wildman–Crippen MR) is 75.9 cm³/mol. The van der Waals surface area contributed by atoms with E-state index in [1.54, 1.807) is 12.1 Å². The Balaban J connectivity index is 1.79. The highest BCUT2D eigenvalue weighted by Crippen LogP contribution is 2.23. The van der Waals surface area contributed by atoms with Crippen molar-refractivity contribution in [2.45, 2.75) is 51.4 Å². The molecular formula is C15H21ClFNO. The van der Waals surface area contributed by atoms with Gasteiger partial charge in [0.25, 0.3) is 0 Å². The second-order valence-corrected chi connectivity index (χ2v) is 5.51. The maximum atomic E-state index is 13.5. The van der Waals surface area contributed by atoms with Gasteiger partial charge in [-0.05, 0) is 50.4 Å². The molecule has 19 heavy (non-hydrogen) atoms. The van der Waals surface area contributed by atoms with E-state index in [0.717, 1.165) is 32.2 Å². The van der Waals surface area contributed by atoms with Gasteiger partial charge in [0, 0.05) is 16.6 Å². The normalized spacial score (nSPS) is 23.5. The number of halogens is 2. The summed E-state index contributed by atoms with van der Waals surface area (Å²) in [5, 5.41) is 4.01. The van der Waals surface area contributed by atoms with Crippen LogP contribution in [-0.2, 0) is 11.3 Å². The summed E-state index contributed by atoms with van der Waals surface area (Å²) in [6.45, 7) is 3.46. The lowest BCUT2D eigenvalue weighted by atomic mass is 9.93.